The summed E-state index contributed by atoms with van der Waals surface area (Å²) in [5, 5.41) is 80.9. The number of aromatic hydroxyl groups is 6. The predicted molar refractivity (Wildman–Crippen MR) is 490 cm³/mol. The Morgan fingerprint density at radius 1 is 0.275 bits per heavy atom. The van der Waals surface area contributed by atoms with Gasteiger partial charge in [-0.3, -0.25) is 0 Å². The van der Waals surface area contributed by atoms with Crippen LogP contribution in [-0.2, 0) is 34.7 Å². The summed E-state index contributed by atoms with van der Waals surface area (Å²) >= 11 is 0. The number of rotatable bonds is 8. The maximum Gasteiger partial charge on any atom is 0.231 e. The van der Waals surface area contributed by atoms with E-state index in [2.05, 4.69) is 112 Å². The van der Waals surface area contributed by atoms with Gasteiger partial charge in [0.25, 0.3) is 0 Å². The van der Waals surface area contributed by atoms with Gasteiger partial charge >= 0.3 is 0 Å². The average molecular weight is 1960 g/mol. The maximum absolute atomic E-state index is 10.1. The molecule has 4 aliphatic rings. The quantitative estimate of drug-likeness (QED) is 0.0424. The zero-order valence-electron chi connectivity index (χ0n) is 73.0. The molecule has 0 atom stereocenters. The van der Waals surface area contributed by atoms with Gasteiger partial charge in [0.05, 0.1) is 127 Å². The molecule has 0 aliphatic carbocycles. The fraction of sp³-hybridized carbons (Fsp3) is 0.168. The molecular formula is C101H88Cl4IN5O20. The number of anilines is 1. The molecule has 4 aromatic heterocycles. The normalized spacial score (nSPS) is 12.1. The summed E-state index contributed by atoms with van der Waals surface area (Å²) in [6.45, 7) is 1.57. The summed E-state index contributed by atoms with van der Waals surface area (Å²) in [6.07, 6.45) is 7.89. The number of aryl methyl sites for hydroxylation is 4. The predicted octanol–water partition coefficient (Wildman–Crippen LogP) is 6.27. The summed E-state index contributed by atoms with van der Waals surface area (Å²) in [5.74, 6) is 9.72. The first-order chi connectivity index (χ1) is 61.1. The number of hydrogen-bond acceptors (Lipinski definition) is 21. The van der Waals surface area contributed by atoms with Crippen LogP contribution < -0.4 is 151 Å². The van der Waals surface area contributed by atoms with Crippen LogP contribution in [0.25, 0.3) is 152 Å². The molecule has 0 fully saturated rings. The molecule has 0 unspecified atom stereocenters. The molecule has 15 aromatic carbocycles. The van der Waals surface area contributed by atoms with Crippen molar-refractivity contribution in [1.29, 1.82) is 0 Å². The summed E-state index contributed by atoms with van der Waals surface area (Å²) in [6, 6.07) is 58.3. The van der Waals surface area contributed by atoms with E-state index in [1.807, 2.05) is 110 Å². The minimum atomic E-state index is -0.182. The minimum absolute atomic E-state index is 0. The van der Waals surface area contributed by atoms with Crippen LogP contribution in [0.5, 0.6) is 115 Å². The molecule has 0 bridgehead atoms. The Bertz CT molecular complexity index is 7680. The van der Waals surface area contributed by atoms with Crippen LogP contribution in [-0.4, -0.2) is 115 Å². The van der Waals surface area contributed by atoms with Crippen molar-refractivity contribution < 1.29 is 176 Å². The van der Waals surface area contributed by atoms with E-state index in [1.165, 1.54) is 35.0 Å². The number of hydrogen-bond donors (Lipinski definition) is 6. The van der Waals surface area contributed by atoms with Gasteiger partial charge in [0.1, 0.15) is 28.2 Å². The van der Waals surface area contributed by atoms with Crippen LogP contribution in [0.15, 0.2) is 207 Å². The van der Waals surface area contributed by atoms with Gasteiger partial charge in [-0.15, -0.1) is 12.4 Å². The SMILES string of the molecule is COc1ccc2c(c1OC)CN(C)c1c-2ccc2cc3c(cc12)OCO3.COc1ccc2c(c[n+](C)c3c4cc(O)c(O)cc4ccc23)c1OC.COc1ccc2c(c[n+](C)c3c4cc5c(cc4ccc23)OCO5)c1OC.COc1ccc2c(c[n+](C)c3c4cc5c(cc4ccc23)OCO5)c1OC.C[n+]1cc2c(O)c(O)ccc2c2ccc3cc(O)c(O)cc3c21.Cl.[Cl-].[Cl-].[Cl-].[I-]. The van der Waals surface area contributed by atoms with Gasteiger partial charge in [0.15, 0.2) is 140 Å². The van der Waals surface area contributed by atoms with Crippen molar-refractivity contribution in [3.05, 3.63) is 212 Å². The van der Waals surface area contributed by atoms with Gasteiger partial charge in [-0.25, -0.2) is 0 Å². The molecule has 131 heavy (non-hydrogen) atoms. The third kappa shape index (κ3) is 15.7. The summed E-state index contributed by atoms with van der Waals surface area (Å²) in [4.78, 5) is 2.25. The van der Waals surface area contributed by atoms with Crippen molar-refractivity contribution in [3.8, 4) is 126 Å². The van der Waals surface area contributed by atoms with Crippen molar-refractivity contribution in [3.63, 3.8) is 0 Å². The Kier molecular flexibility index (Phi) is 26.5. The molecule has 0 spiro atoms. The summed E-state index contributed by atoms with van der Waals surface area (Å²) < 4.78 is 85.6. The number of ether oxygens (including phenoxy) is 14. The molecule has 0 saturated heterocycles. The van der Waals surface area contributed by atoms with Gasteiger partial charge in [-0.1, -0.05) is 36.4 Å². The van der Waals surface area contributed by atoms with Crippen LogP contribution in [0.3, 0.4) is 0 Å². The third-order valence-corrected chi connectivity index (χ3v) is 24.2. The van der Waals surface area contributed by atoms with E-state index in [9.17, 15) is 30.6 Å². The van der Waals surface area contributed by atoms with E-state index < -0.39 is 0 Å². The highest BCUT2D eigenvalue weighted by atomic mass is 127. The number of benzene rings is 15. The molecule has 6 N–H and O–H groups in total. The number of methoxy groups -OCH3 is 8. The van der Waals surface area contributed by atoms with E-state index in [0.29, 0.717) is 16.9 Å². The topological polar surface area (TPSA) is 269 Å². The molecule has 23 rings (SSSR count). The first-order valence-corrected chi connectivity index (χ1v) is 40.3. The second kappa shape index (κ2) is 37.2. The number of nitrogens with zero attached hydrogens (tertiary/aromatic N) is 5. The lowest BCUT2D eigenvalue weighted by atomic mass is 9.90. The van der Waals surface area contributed by atoms with E-state index in [-0.39, 0.29) is 128 Å². The number of phenolic OH excluding ortho intramolecular Hbond substituents is 6. The van der Waals surface area contributed by atoms with Gasteiger partial charge in [0, 0.05) is 51.7 Å². The maximum atomic E-state index is 10.1. The summed E-state index contributed by atoms with van der Waals surface area (Å²) in [7, 11) is 23.2. The Balaban J connectivity index is 0.000000131. The van der Waals surface area contributed by atoms with Crippen LogP contribution in [0.2, 0.25) is 0 Å². The lowest BCUT2D eigenvalue weighted by Gasteiger charge is -2.32. The molecule has 672 valence electrons. The van der Waals surface area contributed by atoms with Crippen LogP contribution >= 0.6 is 12.4 Å². The molecule has 19 aromatic rings. The van der Waals surface area contributed by atoms with Crippen molar-refractivity contribution in [2.45, 2.75) is 6.54 Å². The standard InChI is InChI=1S/C21H19NO4.2C21H18NO4.C20H17NO4.C18H13NO4.4ClH.HI/c3*1-22-10-16-13(6-7-17(23-2)21(16)24-3)14-5-4-12-8-18-19(26-11-25-18)9-15(12)20(14)22;1-21-10-15-12(6-7-18(24-2)20(15)25-3)13-5-4-11-8-16(22)17(23)9-14(11)19(13)21;1-19-8-13-10(4-5-14(20)18(13)23)11-3-2-9-6-15(21)16(22)7-12(9)17(11)19;;;;;/h4-9H,10-11H2,1-3H3;2*4-10H,11H2,1-3H3;4-10,23H,1-3H3;2-8H,1H3,(H3,20,21,22,23);5*1H/q;2*+1;;;;;;;/p-2. The largest absolute Gasteiger partial charge is 1.00 e. The second-order valence-corrected chi connectivity index (χ2v) is 31.0. The smallest absolute Gasteiger partial charge is 0.231 e. The molecule has 0 saturated carbocycles. The molecule has 25 nitrogen and oxygen atoms in total. The third-order valence-electron chi connectivity index (χ3n) is 24.2. The first kappa shape index (κ1) is 93.1. The van der Waals surface area contributed by atoms with E-state index in [1.54, 1.807) is 81.3 Å². The molecular weight excluding hydrogens is 1870 g/mol. The molecule has 0 amide bonds. The number of fused-ring (bicyclic) bond motifs is 28. The lowest BCUT2D eigenvalue weighted by Crippen LogP contribution is -3.00. The zero-order chi connectivity index (χ0) is 87.5. The van der Waals surface area contributed by atoms with Crippen molar-refractivity contribution in [2.75, 3.05) is 89.2 Å². The number of halogens is 5. The Hall–Kier alpha value is -14.0. The molecule has 30 heteroatoms. The monoisotopic (exact) mass is 1960 g/mol. The molecule has 8 heterocycles. The van der Waals surface area contributed by atoms with Crippen molar-refractivity contribution in [1.82, 2.24) is 0 Å². The highest BCUT2D eigenvalue weighted by Gasteiger charge is 2.31. The van der Waals surface area contributed by atoms with E-state index in [4.69, 9.17) is 66.3 Å². The van der Waals surface area contributed by atoms with Gasteiger partial charge in [-0.2, -0.15) is 18.3 Å². The Morgan fingerprint density at radius 2 is 0.550 bits per heavy atom. The van der Waals surface area contributed by atoms with Crippen LogP contribution in [0.4, 0.5) is 5.69 Å². The highest BCUT2D eigenvalue weighted by Crippen LogP contribution is 2.52. The number of phenols is 6. The fourth-order valence-corrected chi connectivity index (χ4v) is 18.4. The number of aromatic nitrogens is 4. The molecule has 0 radical (unpaired) electrons. The van der Waals surface area contributed by atoms with Crippen molar-refractivity contribution >= 4 is 159 Å². The first-order valence-electron chi connectivity index (χ1n) is 40.3. The van der Waals surface area contributed by atoms with E-state index >= 15 is 0 Å². The van der Waals surface area contributed by atoms with Crippen molar-refractivity contribution in [2.24, 2.45) is 28.2 Å². The Morgan fingerprint density at radius 3 is 0.916 bits per heavy atom. The van der Waals surface area contributed by atoms with Gasteiger partial charge in [-0.05, 0) is 178 Å². The number of pyridine rings is 4. The van der Waals surface area contributed by atoms with Gasteiger partial charge < -0.3 is 163 Å². The minimum Gasteiger partial charge on any atom is -1.00 e. The Labute approximate surface area is 791 Å². The van der Waals surface area contributed by atoms with E-state index in [0.717, 1.165) is 216 Å². The van der Waals surface area contributed by atoms with Crippen LogP contribution in [0.1, 0.15) is 5.56 Å². The molecule has 4 aliphatic heterocycles. The lowest BCUT2D eigenvalue weighted by molar-refractivity contribution is -0.642. The second-order valence-electron chi connectivity index (χ2n) is 31.0. The van der Waals surface area contributed by atoms with Crippen LogP contribution in [0, 0.1) is 0 Å². The fourth-order valence-electron chi connectivity index (χ4n) is 18.4. The zero-order valence-corrected chi connectivity index (χ0v) is 78.3. The average Bonchev–Trinajstić information content (AvgIpc) is 1.32. The van der Waals surface area contributed by atoms with Gasteiger partial charge in [0.2, 0.25) is 42.4 Å². The summed E-state index contributed by atoms with van der Waals surface area (Å²) in [5.41, 5.74) is 8.79. The highest BCUT2D eigenvalue weighted by molar-refractivity contribution is 6.19.